The number of carbonyl (C=O) groups excluding carboxylic acids is 2. The summed E-state index contributed by atoms with van der Waals surface area (Å²) < 4.78 is 29.9. The van der Waals surface area contributed by atoms with Gasteiger partial charge >= 0.3 is 11.9 Å². The number of hydrogen-bond donors (Lipinski definition) is 0. The first-order valence-corrected chi connectivity index (χ1v) is 8.95. The normalized spacial score (nSPS) is 10.5. The summed E-state index contributed by atoms with van der Waals surface area (Å²) in [6.45, 7) is 0.884. The third kappa shape index (κ3) is 8.21. The summed E-state index contributed by atoms with van der Waals surface area (Å²) in [6.07, 6.45) is 2.20. The van der Waals surface area contributed by atoms with Crippen molar-refractivity contribution in [1.82, 2.24) is 0 Å². The summed E-state index contributed by atoms with van der Waals surface area (Å²) in [4.78, 5) is 23.6. The number of carbonyl (C=O) groups is 2. The lowest BCUT2D eigenvalue weighted by Crippen LogP contribution is -2.28. The van der Waals surface area contributed by atoms with Crippen molar-refractivity contribution in [2.45, 2.75) is 13.0 Å². The monoisotopic (exact) mass is 426 g/mol. The minimum Gasteiger partial charge on any atom is -0.482 e. The van der Waals surface area contributed by atoms with E-state index < -0.39 is 18.0 Å². The zero-order valence-corrected chi connectivity index (χ0v) is 16.5. The van der Waals surface area contributed by atoms with Crippen LogP contribution < -0.4 is 18.9 Å². The van der Waals surface area contributed by atoms with Crippen LogP contribution >= 0.6 is 0 Å². The van der Waals surface area contributed by atoms with Crippen LogP contribution in [0.3, 0.4) is 0 Å². The van der Waals surface area contributed by atoms with Crippen LogP contribution in [0.1, 0.15) is 6.92 Å². The smallest absolute Gasteiger partial charge is 0.347 e. The molecular weight excluding hydrogens is 408 g/mol. The molecule has 0 amide bonds. The Morgan fingerprint density at radius 1 is 0.806 bits per heavy atom. The average Bonchev–Trinajstić information content (AvgIpc) is 2.77. The van der Waals surface area contributed by atoms with Crippen molar-refractivity contribution in [2.75, 3.05) is 19.8 Å². The van der Waals surface area contributed by atoms with Crippen molar-refractivity contribution in [3.8, 4) is 35.5 Å². The van der Waals surface area contributed by atoms with Gasteiger partial charge in [-0.15, -0.1) is 10.5 Å². The van der Waals surface area contributed by atoms with Gasteiger partial charge in [0.15, 0.2) is 12.7 Å². The van der Waals surface area contributed by atoms with Crippen LogP contribution in [0.15, 0.2) is 48.5 Å². The molecule has 2 aromatic rings. The van der Waals surface area contributed by atoms with Crippen molar-refractivity contribution in [3.63, 3.8) is 0 Å². The second kappa shape index (κ2) is 12.2. The van der Waals surface area contributed by atoms with E-state index in [2.05, 4.69) is 9.47 Å². The molecular formula is C21H18N2O8. The molecule has 1 atom stereocenters. The van der Waals surface area contributed by atoms with Gasteiger partial charge in [0, 0.05) is 0 Å². The van der Waals surface area contributed by atoms with E-state index >= 15 is 0 Å². The molecule has 0 heterocycles. The molecule has 0 spiro atoms. The Morgan fingerprint density at radius 3 is 1.84 bits per heavy atom. The zero-order valence-electron chi connectivity index (χ0n) is 16.5. The second-order valence-corrected chi connectivity index (χ2v) is 5.77. The maximum Gasteiger partial charge on any atom is 0.347 e. The molecule has 0 aliphatic rings. The number of nitriles is 2. The molecule has 0 saturated carbocycles. The topological polar surface area (TPSA) is 137 Å². The van der Waals surface area contributed by atoms with Crippen molar-refractivity contribution in [3.05, 3.63) is 48.5 Å². The number of nitrogens with zero attached hydrogens (tertiary/aromatic N) is 2. The molecule has 0 bridgehead atoms. The standard InChI is InChI=1S/C21H18N2O8/c1-15(31-19-8-6-18(7-9-19)30-14-23)21(25)27-11-10-26-20(24)12-28-16-2-4-17(5-3-16)29-13-22/h2-9,15H,10-12H2,1H3. The van der Waals surface area contributed by atoms with Crippen LogP contribution in [0.4, 0.5) is 0 Å². The second-order valence-electron chi connectivity index (χ2n) is 5.77. The summed E-state index contributed by atoms with van der Waals surface area (Å²) in [5, 5.41) is 16.8. The average molecular weight is 426 g/mol. The zero-order chi connectivity index (χ0) is 22.5. The Morgan fingerprint density at radius 2 is 1.29 bits per heavy atom. The van der Waals surface area contributed by atoms with Gasteiger partial charge in [-0.3, -0.25) is 0 Å². The van der Waals surface area contributed by atoms with E-state index in [9.17, 15) is 9.59 Å². The molecule has 2 aromatic carbocycles. The molecule has 10 heteroatoms. The van der Waals surface area contributed by atoms with Gasteiger partial charge in [0.25, 0.3) is 12.5 Å². The summed E-state index contributed by atoms with van der Waals surface area (Å²) in [5.41, 5.74) is 0. The van der Waals surface area contributed by atoms with Crippen LogP contribution in [-0.2, 0) is 19.1 Å². The SMILES string of the molecule is CC(Oc1ccc(OC#N)cc1)C(=O)OCCOC(=O)COc1ccc(OC#N)cc1. The lowest BCUT2D eigenvalue weighted by molar-refractivity contribution is -0.157. The Labute approximate surface area is 178 Å². The van der Waals surface area contributed by atoms with Crippen LogP contribution in [0.25, 0.3) is 0 Å². The highest BCUT2D eigenvalue weighted by molar-refractivity contribution is 5.74. The molecule has 31 heavy (non-hydrogen) atoms. The van der Waals surface area contributed by atoms with E-state index in [1.807, 2.05) is 0 Å². The van der Waals surface area contributed by atoms with E-state index in [0.29, 0.717) is 23.0 Å². The number of benzene rings is 2. The van der Waals surface area contributed by atoms with Crippen LogP contribution in [0, 0.1) is 23.0 Å². The van der Waals surface area contributed by atoms with E-state index in [-0.39, 0.29) is 19.8 Å². The van der Waals surface area contributed by atoms with Gasteiger partial charge in [-0.05, 0) is 55.5 Å². The largest absolute Gasteiger partial charge is 0.482 e. The Kier molecular flexibility index (Phi) is 8.99. The quantitative estimate of drug-likeness (QED) is 0.299. The summed E-state index contributed by atoms with van der Waals surface area (Å²) >= 11 is 0. The predicted octanol–water partition coefficient (Wildman–Crippen LogP) is 2.34. The lowest BCUT2D eigenvalue weighted by Gasteiger charge is -2.14. The van der Waals surface area contributed by atoms with Crippen molar-refractivity contribution in [1.29, 1.82) is 10.5 Å². The van der Waals surface area contributed by atoms with Crippen molar-refractivity contribution in [2.24, 2.45) is 0 Å². The third-order valence-electron chi connectivity index (χ3n) is 3.57. The summed E-state index contributed by atoms with van der Waals surface area (Å²) in [7, 11) is 0. The van der Waals surface area contributed by atoms with E-state index in [4.69, 9.17) is 29.5 Å². The minimum absolute atomic E-state index is 0.143. The highest BCUT2D eigenvalue weighted by Gasteiger charge is 2.16. The molecule has 0 aliphatic heterocycles. The van der Waals surface area contributed by atoms with Crippen molar-refractivity contribution >= 4 is 11.9 Å². The molecule has 0 aromatic heterocycles. The lowest BCUT2D eigenvalue weighted by atomic mass is 10.3. The number of esters is 2. The van der Waals surface area contributed by atoms with E-state index in [1.54, 1.807) is 24.6 Å². The van der Waals surface area contributed by atoms with Gasteiger partial charge in [-0.1, -0.05) is 0 Å². The molecule has 0 fully saturated rings. The number of hydrogen-bond acceptors (Lipinski definition) is 10. The van der Waals surface area contributed by atoms with Crippen molar-refractivity contribution < 1.29 is 38.0 Å². The van der Waals surface area contributed by atoms with Crippen LogP contribution in [0.2, 0.25) is 0 Å². The number of ether oxygens (including phenoxy) is 6. The molecule has 1 unspecified atom stereocenters. The van der Waals surface area contributed by atoms with Gasteiger partial charge in [-0.2, -0.15) is 0 Å². The molecule has 0 saturated heterocycles. The fourth-order valence-corrected chi connectivity index (χ4v) is 2.15. The van der Waals surface area contributed by atoms with Gasteiger partial charge in [0.05, 0.1) is 0 Å². The summed E-state index contributed by atoms with van der Waals surface area (Å²) in [5.74, 6) is 0.211. The fourth-order valence-electron chi connectivity index (χ4n) is 2.15. The van der Waals surface area contributed by atoms with Gasteiger partial charge < -0.3 is 28.4 Å². The molecule has 0 N–H and O–H groups in total. The molecule has 0 aliphatic carbocycles. The van der Waals surface area contributed by atoms with Gasteiger partial charge in [0.2, 0.25) is 0 Å². The first kappa shape index (κ1) is 22.8. The van der Waals surface area contributed by atoms with Gasteiger partial charge in [0.1, 0.15) is 36.2 Å². The molecule has 2 rings (SSSR count). The Balaban J connectivity index is 1.62. The molecule has 10 nitrogen and oxygen atoms in total. The fraction of sp³-hybridized carbons (Fsp3) is 0.238. The minimum atomic E-state index is -0.894. The van der Waals surface area contributed by atoms with E-state index in [1.165, 1.54) is 43.3 Å². The van der Waals surface area contributed by atoms with E-state index in [0.717, 1.165) is 0 Å². The number of rotatable bonds is 11. The first-order chi connectivity index (χ1) is 15.0. The highest BCUT2D eigenvalue weighted by atomic mass is 16.6. The van der Waals surface area contributed by atoms with Gasteiger partial charge in [-0.25, -0.2) is 9.59 Å². The Hall–Kier alpha value is -4.44. The third-order valence-corrected chi connectivity index (χ3v) is 3.57. The predicted molar refractivity (Wildman–Crippen MR) is 103 cm³/mol. The Bertz CT molecular complexity index is 945. The maximum absolute atomic E-state index is 11.9. The molecule has 160 valence electrons. The highest BCUT2D eigenvalue weighted by Crippen LogP contribution is 2.19. The first-order valence-electron chi connectivity index (χ1n) is 8.95. The maximum atomic E-state index is 11.9. The van der Waals surface area contributed by atoms with Crippen LogP contribution in [0.5, 0.6) is 23.0 Å². The summed E-state index contributed by atoms with van der Waals surface area (Å²) in [6, 6.07) is 12.2. The molecule has 0 radical (unpaired) electrons. The van der Waals surface area contributed by atoms with Crippen LogP contribution in [-0.4, -0.2) is 37.9 Å².